The molecule has 0 unspecified atom stereocenters. The molecule has 3 rings (SSSR count). The molecule has 0 radical (unpaired) electrons. The summed E-state index contributed by atoms with van der Waals surface area (Å²) in [5.74, 6) is -0.481. The molecule has 2 N–H and O–H groups in total. The van der Waals surface area contributed by atoms with Crippen LogP contribution in [0.1, 0.15) is 31.4 Å². The number of urea groups is 1. The van der Waals surface area contributed by atoms with Gasteiger partial charge in [0.05, 0.1) is 23.9 Å². The molecule has 6 heteroatoms. The Hall–Kier alpha value is -2.37. The fourth-order valence-corrected chi connectivity index (χ4v) is 2.89. The van der Waals surface area contributed by atoms with E-state index < -0.39 is 6.04 Å². The quantitative estimate of drug-likeness (QED) is 0.894. The second-order valence-electron chi connectivity index (χ2n) is 5.56. The number of benzene rings is 1. The van der Waals surface area contributed by atoms with Gasteiger partial charge in [0.1, 0.15) is 5.82 Å². The lowest BCUT2D eigenvalue weighted by atomic mass is 9.96. The average Bonchev–Trinajstić information content (AvgIpc) is 2.80. The summed E-state index contributed by atoms with van der Waals surface area (Å²) in [7, 11) is 0. The number of nitrogens with zero attached hydrogens (tertiary/aromatic N) is 1. The highest BCUT2D eigenvalue weighted by Crippen LogP contribution is 2.32. The van der Waals surface area contributed by atoms with Gasteiger partial charge in [0, 0.05) is 6.54 Å². The SMILES string of the molecule is CCCCN1CC2=C(C1=O)[C@@H](c1cccc(F)c1)NC(=O)N2. The molecule has 1 aromatic carbocycles. The van der Waals surface area contributed by atoms with Crippen molar-refractivity contribution in [2.45, 2.75) is 25.8 Å². The van der Waals surface area contributed by atoms with E-state index in [1.807, 2.05) is 0 Å². The van der Waals surface area contributed by atoms with E-state index in [4.69, 9.17) is 0 Å². The van der Waals surface area contributed by atoms with E-state index in [0.717, 1.165) is 12.8 Å². The minimum Gasteiger partial charge on any atom is -0.333 e. The average molecular weight is 303 g/mol. The zero-order valence-electron chi connectivity index (χ0n) is 12.4. The molecule has 0 bridgehead atoms. The van der Waals surface area contributed by atoms with Gasteiger partial charge in [0.15, 0.2) is 0 Å². The number of carbonyl (C=O) groups excluding carboxylic acids is 2. The van der Waals surface area contributed by atoms with Crippen molar-refractivity contribution in [2.75, 3.05) is 13.1 Å². The van der Waals surface area contributed by atoms with Gasteiger partial charge in [-0.05, 0) is 24.1 Å². The van der Waals surface area contributed by atoms with Crippen LogP contribution in [0.25, 0.3) is 0 Å². The van der Waals surface area contributed by atoms with Crippen LogP contribution in [0.5, 0.6) is 0 Å². The summed E-state index contributed by atoms with van der Waals surface area (Å²) in [5.41, 5.74) is 1.72. The van der Waals surface area contributed by atoms with E-state index in [-0.39, 0.29) is 17.8 Å². The topological polar surface area (TPSA) is 61.4 Å². The van der Waals surface area contributed by atoms with Crippen LogP contribution in [0, 0.1) is 5.82 Å². The molecular weight excluding hydrogens is 285 g/mol. The monoisotopic (exact) mass is 303 g/mol. The van der Waals surface area contributed by atoms with Gasteiger partial charge in [-0.15, -0.1) is 0 Å². The highest BCUT2D eigenvalue weighted by molar-refractivity contribution is 6.01. The van der Waals surface area contributed by atoms with E-state index in [9.17, 15) is 14.0 Å². The smallest absolute Gasteiger partial charge is 0.319 e. The van der Waals surface area contributed by atoms with E-state index in [1.165, 1.54) is 12.1 Å². The second kappa shape index (κ2) is 5.79. The van der Waals surface area contributed by atoms with Gasteiger partial charge in [0.25, 0.3) is 5.91 Å². The highest BCUT2D eigenvalue weighted by Gasteiger charge is 2.40. The molecule has 0 aliphatic carbocycles. The first-order valence-electron chi connectivity index (χ1n) is 7.45. The molecule has 0 saturated carbocycles. The molecule has 116 valence electrons. The molecule has 3 amide bonds. The predicted octanol–water partition coefficient (Wildman–Crippen LogP) is 2.08. The fraction of sp³-hybridized carbons (Fsp3) is 0.375. The van der Waals surface area contributed by atoms with E-state index >= 15 is 0 Å². The third kappa shape index (κ3) is 2.56. The number of carbonyl (C=O) groups is 2. The summed E-state index contributed by atoms with van der Waals surface area (Å²) in [6.07, 6.45) is 1.91. The van der Waals surface area contributed by atoms with Crippen molar-refractivity contribution >= 4 is 11.9 Å². The molecule has 0 saturated heterocycles. The van der Waals surface area contributed by atoms with Gasteiger partial charge in [-0.3, -0.25) is 4.79 Å². The van der Waals surface area contributed by atoms with Crippen molar-refractivity contribution in [1.82, 2.24) is 15.5 Å². The number of rotatable bonds is 4. The Labute approximate surface area is 128 Å². The molecule has 5 nitrogen and oxygen atoms in total. The van der Waals surface area contributed by atoms with Gasteiger partial charge < -0.3 is 15.5 Å². The van der Waals surface area contributed by atoms with Crippen LogP contribution in [0.2, 0.25) is 0 Å². The molecule has 22 heavy (non-hydrogen) atoms. The third-order valence-electron chi connectivity index (χ3n) is 3.98. The number of nitrogens with one attached hydrogen (secondary N) is 2. The molecule has 2 aliphatic rings. The summed E-state index contributed by atoms with van der Waals surface area (Å²) in [6.45, 7) is 3.13. The van der Waals surface area contributed by atoms with E-state index in [0.29, 0.717) is 29.9 Å². The maximum atomic E-state index is 13.5. The van der Waals surface area contributed by atoms with Crippen molar-refractivity contribution in [3.63, 3.8) is 0 Å². The lowest BCUT2D eigenvalue weighted by Crippen LogP contribution is -2.44. The Morgan fingerprint density at radius 2 is 2.18 bits per heavy atom. The Morgan fingerprint density at radius 1 is 1.36 bits per heavy atom. The normalized spacial score (nSPS) is 20.8. The third-order valence-corrected chi connectivity index (χ3v) is 3.98. The number of unbranched alkanes of at least 4 members (excludes halogenated alkanes) is 1. The van der Waals surface area contributed by atoms with E-state index in [1.54, 1.807) is 17.0 Å². The minimum absolute atomic E-state index is 0.0924. The standard InChI is InChI=1S/C16H18FN3O2/c1-2-3-7-20-9-12-13(15(20)21)14(19-16(22)18-12)10-5-4-6-11(17)8-10/h4-6,8,14H,2-3,7,9H2,1H3,(H2,18,19,22)/t14-/m1/s1. The maximum Gasteiger partial charge on any atom is 0.319 e. The molecule has 2 heterocycles. The molecule has 1 atom stereocenters. The Morgan fingerprint density at radius 3 is 2.91 bits per heavy atom. The van der Waals surface area contributed by atoms with Gasteiger partial charge in [0.2, 0.25) is 0 Å². The summed E-state index contributed by atoms with van der Waals surface area (Å²) in [4.78, 5) is 26.2. The summed E-state index contributed by atoms with van der Waals surface area (Å²) < 4.78 is 13.5. The highest BCUT2D eigenvalue weighted by atomic mass is 19.1. The lowest BCUT2D eigenvalue weighted by Gasteiger charge is -2.25. The van der Waals surface area contributed by atoms with Crippen LogP contribution >= 0.6 is 0 Å². The van der Waals surface area contributed by atoms with Crippen molar-refractivity contribution in [3.05, 3.63) is 46.9 Å². The van der Waals surface area contributed by atoms with Gasteiger partial charge >= 0.3 is 6.03 Å². The summed E-state index contributed by atoms with van der Waals surface area (Å²) in [6, 6.07) is 5.02. The zero-order chi connectivity index (χ0) is 15.7. The van der Waals surface area contributed by atoms with Crippen LogP contribution in [-0.4, -0.2) is 29.9 Å². The predicted molar refractivity (Wildman–Crippen MR) is 79.3 cm³/mol. The molecule has 0 spiro atoms. The number of amides is 3. The molecule has 0 aromatic heterocycles. The first-order valence-corrected chi connectivity index (χ1v) is 7.45. The van der Waals surface area contributed by atoms with Crippen LogP contribution in [-0.2, 0) is 4.79 Å². The van der Waals surface area contributed by atoms with Crippen molar-refractivity contribution < 1.29 is 14.0 Å². The van der Waals surface area contributed by atoms with Crippen molar-refractivity contribution in [3.8, 4) is 0 Å². The number of hydrogen-bond acceptors (Lipinski definition) is 2. The summed E-state index contributed by atoms with van der Waals surface area (Å²) >= 11 is 0. The minimum atomic E-state index is -0.599. The first-order chi connectivity index (χ1) is 10.6. The van der Waals surface area contributed by atoms with Gasteiger partial charge in [-0.2, -0.15) is 0 Å². The molecular formula is C16H18FN3O2. The zero-order valence-corrected chi connectivity index (χ0v) is 12.4. The molecule has 1 aromatic rings. The molecule has 2 aliphatic heterocycles. The van der Waals surface area contributed by atoms with E-state index in [2.05, 4.69) is 17.6 Å². The van der Waals surface area contributed by atoms with Crippen LogP contribution in [0.15, 0.2) is 35.5 Å². The fourth-order valence-electron chi connectivity index (χ4n) is 2.89. The Kier molecular flexibility index (Phi) is 3.83. The van der Waals surface area contributed by atoms with Gasteiger partial charge in [-0.1, -0.05) is 25.5 Å². The number of hydrogen-bond donors (Lipinski definition) is 2. The van der Waals surface area contributed by atoms with Gasteiger partial charge in [-0.25, -0.2) is 9.18 Å². The van der Waals surface area contributed by atoms with Crippen molar-refractivity contribution in [1.29, 1.82) is 0 Å². The van der Waals surface area contributed by atoms with Crippen LogP contribution < -0.4 is 10.6 Å². The largest absolute Gasteiger partial charge is 0.333 e. The Balaban J connectivity index is 1.92. The second-order valence-corrected chi connectivity index (χ2v) is 5.56. The maximum absolute atomic E-state index is 13.5. The first kappa shape index (κ1) is 14.6. The van der Waals surface area contributed by atoms with Crippen LogP contribution in [0.4, 0.5) is 9.18 Å². The van der Waals surface area contributed by atoms with Crippen molar-refractivity contribution in [2.24, 2.45) is 0 Å². The van der Waals surface area contributed by atoms with Crippen LogP contribution in [0.3, 0.4) is 0 Å². The molecule has 0 fully saturated rings. The lowest BCUT2D eigenvalue weighted by molar-refractivity contribution is -0.125. The summed E-state index contributed by atoms with van der Waals surface area (Å²) in [5, 5.41) is 5.42. The Bertz CT molecular complexity index is 657. The number of halogens is 1.